The molecule has 0 aliphatic heterocycles. The molecule has 6 heteroatoms. The number of hydrazone groups is 1. The van der Waals surface area contributed by atoms with E-state index in [9.17, 15) is 9.59 Å². The van der Waals surface area contributed by atoms with Gasteiger partial charge >= 0.3 is 11.8 Å². The van der Waals surface area contributed by atoms with Crippen LogP contribution < -0.4 is 10.7 Å². The van der Waals surface area contributed by atoms with Gasteiger partial charge in [0.2, 0.25) is 0 Å². The third-order valence-corrected chi connectivity index (χ3v) is 3.74. The fourth-order valence-corrected chi connectivity index (χ4v) is 2.23. The van der Waals surface area contributed by atoms with Crippen molar-refractivity contribution in [1.82, 2.24) is 5.43 Å². The van der Waals surface area contributed by atoms with Gasteiger partial charge in [-0.05, 0) is 53.3 Å². The Balaban J connectivity index is 1.92. The van der Waals surface area contributed by atoms with Gasteiger partial charge in [0.1, 0.15) is 0 Å². The second kappa shape index (κ2) is 7.69. The highest BCUT2D eigenvalue weighted by Gasteiger charge is 2.12. The number of hydrogen-bond acceptors (Lipinski definition) is 3. The Labute approximate surface area is 141 Å². The predicted octanol–water partition coefficient (Wildman–Crippen LogP) is 2.69. The molecule has 0 heterocycles. The molecule has 2 N–H and O–H groups in total. The van der Waals surface area contributed by atoms with Crippen LogP contribution >= 0.6 is 22.6 Å². The average molecular weight is 407 g/mol. The van der Waals surface area contributed by atoms with Crippen LogP contribution in [0.1, 0.15) is 11.1 Å². The van der Waals surface area contributed by atoms with Crippen LogP contribution in [0.2, 0.25) is 0 Å². The van der Waals surface area contributed by atoms with Crippen molar-refractivity contribution in [3.05, 3.63) is 63.2 Å². The minimum Gasteiger partial charge on any atom is -0.318 e. The van der Waals surface area contributed by atoms with E-state index in [4.69, 9.17) is 0 Å². The highest BCUT2D eigenvalue weighted by atomic mass is 127. The number of amides is 2. The van der Waals surface area contributed by atoms with Crippen molar-refractivity contribution in [2.45, 2.75) is 6.92 Å². The molecule has 22 heavy (non-hydrogen) atoms. The topological polar surface area (TPSA) is 70.6 Å². The Hall–Kier alpha value is -2.22. The summed E-state index contributed by atoms with van der Waals surface area (Å²) in [6.07, 6.45) is 1.50. The van der Waals surface area contributed by atoms with Gasteiger partial charge < -0.3 is 5.32 Å². The van der Waals surface area contributed by atoms with Crippen LogP contribution in [0.3, 0.4) is 0 Å². The SMILES string of the molecule is Cc1cccc(NC(=O)C(=O)N/N=C/c2ccccc2I)c1. The molecule has 112 valence electrons. The zero-order valence-corrected chi connectivity index (χ0v) is 14.0. The largest absolute Gasteiger partial charge is 0.329 e. The molecular formula is C16H14IN3O2. The summed E-state index contributed by atoms with van der Waals surface area (Å²) < 4.78 is 1.00. The predicted molar refractivity (Wildman–Crippen MR) is 94.7 cm³/mol. The third-order valence-electron chi connectivity index (χ3n) is 2.76. The lowest BCUT2D eigenvalue weighted by Crippen LogP contribution is -2.32. The number of nitrogens with zero attached hydrogens (tertiary/aromatic N) is 1. The minimum atomic E-state index is -0.816. The van der Waals surface area contributed by atoms with Gasteiger partial charge in [-0.2, -0.15) is 5.10 Å². The lowest BCUT2D eigenvalue weighted by Gasteiger charge is -2.04. The normalized spacial score (nSPS) is 10.5. The molecule has 5 nitrogen and oxygen atoms in total. The number of rotatable bonds is 3. The van der Waals surface area contributed by atoms with Crippen LogP contribution in [0.25, 0.3) is 0 Å². The number of hydrogen-bond donors (Lipinski definition) is 2. The smallest absolute Gasteiger partial charge is 0.318 e. The molecule has 0 radical (unpaired) electrons. The molecule has 0 bridgehead atoms. The van der Waals surface area contributed by atoms with Gasteiger partial charge in [0.15, 0.2) is 0 Å². The Bertz CT molecular complexity index is 729. The number of nitrogens with one attached hydrogen (secondary N) is 2. The number of carbonyl (C=O) groups is 2. The monoisotopic (exact) mass is 407 g/mol. The highest BCUT2D eigenvalue weighted by Crippen LogP contribution is 2.09. The lowest BCUT2D eigenvalue weighted by molar-refractivity contribution is -0.136. The van der Waals surface area contributed by atoms with Crippen molar-refractivity contribution in [3.63, 3.8) is 0 Å². The maximum atomic E-state index is 11.7. The molecule has 0 aromatic heterocycles. The van der Waals surface area contributed by atoms with E-state index < -0.39 is 11.8 Å². The molecule has 0 saturated carbocycles. The molecule has 2 aromatic carbocycles. The summed E-state index contributed by atoms with van der Waals surface area (Å²) in [5, 5.41) is 6.31. The Morgan fingerprint density at radius 2 is 1.86 bits per heavy atom. The molecule has 0 atom stereocenters. The van der Waals surface area contributed by atoms with Gasteiger partial charge in [-0.15, -0.1) is 0 Å². The molecule has 2 amide bonds. The van der Waals surface area contributed by atoms with Gasteiger partial charge in [0.05, 0.1) is 6.21 Å². The fourth-order valence-electron chi connectivity index (χ4n) is 1.70. The summed E-state index contributed by atoms with van der Waals surface area (Å²) in [7, 11) is 0. The standard InChI is InChI=1S/C16H14IN3O2/c1-11-5-4-7-13(9-11)19-15(21)16(22)20-18-10-12-6-2-3-8-14(12)17/h2-10H,1H3,(H,19,21)(H,20,22)/b18-10+. The molecule has 2 rings (SSSR count). The molecule has 0 fully saturated rings. The van der Waals surface area contributed by atoms with Crippen molar-refractivity contribution < 1.29 is 9.59 Å². The van der Waals surface area contributed by atoms with Crippen molar-refractivity contribution in [2.75, 3.05) is 5.32 Å². The van der Waals surface area contributed by atoms with E-state index in [-0.39, 0.29) is 0 Å². The Morgan fingerprint density at radius 1 is 1.09 bits per heavy atom. The zero-order valence-electron chi connectivity index (χ0n) is 11.8. The first-order chi connectivity index (χ1) is 10.6. The lowest BCUT2D eigenvalue weighted by atomic mass is 10.2. The first-order valence-electron chi connectivity index (χ1n) is 6.52. The van der Waals surface area contributed by atoms with Gasteiger partial charge in [-0.25, -0.2) is 5.43 Å². The van der Waals surface area contributed by atoms with E-state index in [1.165, 1.54) is 6.21 Å². The Kier molecular flexibility index (Phi) is 5.65. The van der Waals surface area contributed by atoms with Gasteiger partial charge in [-0.1, -0.05) is 30.3 Å². The summed E-state index contributed by atoms with van der Waals surface area (Å²) in [6.45, 7) is 1.90. The summed E-state index contributed by atoms with van der Waals surface area (Å²) in [5.74, 6) is -1.57. The first-order valence-corrected chi connectivity index (χ1v) is 7.60. The molecule has 0 saturated heterocycles. The maximum Gasteiger partial charge on any atom is 0.329 e. The third kappa shape index (κ3) is 4.66. The second-order valence-electron chi connectivity index (χ2n) is 4.54. The van der Waals surface area contributed by atoms with Gasteiger partial charge in [0, 0.05) is 14.8 Å². The van der Waals surface area contributed by atoms with Crippen molar-refractivity contribution >= 4 is 46.3 Å². The molecule has 0 spiro atoms. The molecule has 0 unspecified atom stereocenters. The van der Waals surface area contributed by atoms with Gasteiger partial charge in [0.25, 0.3) is 0 Å². The zero-order chi connectivity index (χ0) is 15.9. The molecule has 0 aliphatic carbocycles. The fraction of sp³-hybridized carbons (Fsp3) is 0.0625. The average Bonchev–Trinajstić information content (AvgIpc) is 2.49. The second-order valence-corrected chi connectivity index (χ2v) is 5.71. The van der Waals surface area contributed by atoms with Crippen LogP contribution in [0, 0.1) is 10.5 Å². The summed E-state index contributed by atoms with van der Waals surface area (Å²) in [6, 6.07) is 14.8. The van der Waals surface area contributed by atoms with Crippen molar-refractivity contribution in [1.29, 1.82) is 0 Å². The van der Waals surface area contributed by atoms with E-state index in [2.05, 4.69) is 38.4 Å². The molecular weight excluding hydrogens is 393 g/mol. The summed E-state index contributed by atoms with van der Waals surface area (Å²) in [4.78, 5) is 23.4. The van der Waals surface area contributed by atoms with Crippen LogP contribution in [0.4, 0.5) is 5.69 Å². The number of benzene rings is 2. The Morgan fingerprint density at radius 3 is 2.59 bits per heavy atom. The molecule has 2 aromatic rings. The first kappa shape index (κ1) is 16.2. The van der Waals surface area contributed by atoms with Crippen molar-refractivity contribution in [2.24, 2.45) is 5.10 Å². The van der Waals surface area contributed by atoms with E-state index in [1.54, 1.807) is 18.2 Å². The number of carbonyl (C=O) groups excluding carboxylic acids is 2. The summed E-state index contributed by atoms with van der Waals surface area (Å²) in [5.41, 5.74) is 4.64. The highest BCUT2D eigenvalue weighted by molar-refractivity contribution is 14.1. The van der Waals surface area contributed by atoms with E-state index in [0.29, 0.717) is 5.69 Å². The van der Waals surface area contributed by atoms with Crippen LogP contribution in [0.15, 0.2) is 53.6 Å². The van der Waals surface area contributed by atoms with E-state index >= 15 is 0 Å². The quantitative estimate of drug-likeness (QED) is 0.356. The maximum absolute atomic E-state index is 11.7. The summed E-state index contributed by atoms with van der Waals surface area (Å²) >= 11 is 2.17. The number of anilines is 1. The minimum absolute atomic E-state index is 0.571. The van der Waals surface area contributed by atoms with Crippen molar-refractivity contribution in [3.8, 4) is 0 Å². The number of halogens is 1. The van der Waals surface area contributed by atoms with Gasteiger partial charge in [-0.3, -0.25) is 9.59 Å². The van der Waals surface area contributed by atoms with Crippen LogP contribution in [-0.2, 0) is 9.59 Å². The van der Waals surface area contributed by atoms with E-state index in [0.717, 1.165) is 14.7 Å². The van der Waals surface area contributed by atoms with Crippen LogP contribution in [-0.4, -0.2) is 18.0 Å². The molecule has 0 aliphatic rings. The number of aryl methyl sites for hydroxylation is 1. The van der Waals surface area contributed by atoms with Crippen LogP contribution in [0.5, 0.6) is 0 Å². The van der Waals surface area contributed by atoms with E-state index in [1.807, 2.05) is 37.3 Å².